The van der Waals surface area contributed by atoms with E-state index in [1.165, 1.54) is 0 Å². The lowest BCUT2D eigenvalue weighted by molar-refractivity contribution is 0.102. The van der Waals surface area contributed by atoms with Gasteiger partial charge in [0.25, 0.3) is 5.91 Å². The molecule has 0 aliphatic rings. The lowest BCUT2D eigenvalue weighted by Crippen LogP contribution is -2.15. The van der Waals surface area contributed by atoms with Crippen molar-refractivity contribution in [3.8, 4) is 22.6 Å². The van der Waals surface area contributed by atoms with E-state index >= 15 is 0 Å². The SMILES string of the molecule is [B]CCOc1ccc(OCCCC)c(C(=O)Nc2cc(-c3ccccc3)ccc2C=O)c1. The molecule has 3 rings (SSSR count). The highest BCUT2D eigenvalue weighted by Gasteiger charge is 2.17. The molecule has 0 aromatic heterocycles. The summed E-state index contributed by atoms with van der Waals surface area (Å²) in [5, 5.41) is 2.87. The van der Waals surface area contributed by atoms with Gasteiger partial charge < -0.3 is 14.8 Å². The average Bonchev–Trinajstić information content (AvgIpc) is 2.83. The van der Waals surface area contributed by atoms with Crippen LogP contribution in [0.5, 0.6) is 11.5 Å². The monoisotopic (exact) mass is 427 g/mol. The van der Waals surface area contributed by atoms with E-state index in [0.717, 1.165) is 30.3 Å². The van der Waals surface area contributed by atoms with Gasteiger partial charge in [0.2, 0.25) is 0 Å². The van der Waals surface area contributed by atoms with Gasteiger partial charge in [0, 0.05) is 5.56 Å². The minimum Gasteiger partial charge on any atom is -0.494 e. The first kappa shape index (κ1) is 23.1. The lowest BCUT2D eigenvalue weighted by Gasteiger charge is -2.15. The highest BCUT2D eigenvalue weighted by molar-refractivity contribution is 6.09. The number of rotatable bonds is 11. The van der Waals surface area contributed by atoms with Crippen LogP contribution in [0.15, 0.2) is 66.7 Å². The van der Waals surface area contributed by atoms with Crippen molar-refractivity contribution in [2.45, 2.75) is 26.1 Å². The second kappa shape index (κ2) is 11.7. The number of unbranched alkanes of at least 4 members (excludes halogenated alkanes) is 1. The van der Waals surface area contributed by atoms with E-state index in [1.54, 1.807) is 30.3 Å². The van der Waals surface area contributed by atoms with Crippen molar-refractivity contribution >= 4 is 25.7 Å². The molecule has 0 spiro atoms. The third-order valence-corrected chi connectivity index (χ3v) is 4.87. The van der Waals surface area contributed by atoms with Crippen LogP contribution in [0.1, 0.15) is 40.5 Å². The van der Waals surface area contributed by atoms with E-state index < -0.39 is 0 Å². The molecule has 6 heteroatoms. The summed E-state index contributed by atoms with van der Waals surface area (Å²) in [4.78, 5) is 24.8. The van der Waals surface area contributed by atoms with Gasteiger partial charge in [0.15, 0.2) is 6.29 Å². The minimum atomic E-state index is -0.386. The maximum Gasteiger partial charge on any atom is 0.259 e. The maximum atomic E-state index is 13.2. The summed E-state index contributed by atoms with van der Waals surface area (Å²) in [6.45, 7) is 2.91. The topological polar surface area (TPSA) is 64.6 Å². The molecule has 0 aliphatic carbocycles. The Hall–Kier alpha value is -3.54. The van der Waals surface area contributed by atoms with Crippen molar-refractivity contribution in [1.29, 1.82) is 0 Å². The Morgan fingerprint density at radius 3 is 2.50 bits per heavy atom. The standard InChI is InChI=1S/C26H26BNO4/c1-2-3-14-32-25-12-11-22(31-15-13-27)17-23(25)26(30)28-24-16-20(9-10-21(24)18-29)19-7-5-4-6-8-19/h4-12,16-18H,2-3,13-15H2,1H3,(H,28,30). The molecule has 0 unspecified atom stereocenters. The molecule has 0 saturated carbocycles. The summed E-state index contributed by atoms with van der Waals surface area (Å²) in [6, 6.07) is 20.2. The van der Waals surface area contributed by atoms with Gasteiger partial charge in [-0.15, -0.1) is 0 Å². The van der Waals surface area contributed by atoms with Gasteiger partial charge in [-0.3, -0.25) is 9.59 Å². The first-order valence-corrected chi connectivity index (χ1v) is 10.7. The van der Waals surface area contributed by atoms with Crippen LogP contribution < -0.4 is 14.8 Å². The van der Waals surface area contributed by atoms with Crippen LogP contribution in [-0.4, -0.2) is 33.3 Å². The van der Waals surface area contributed by atoms with Gasteiger partial charge in [-0.05, 0) is 47.9 Å². The van der Waals surface area contributed by atoms with E-state index in [9.17, 15) is 9.59 Å². The molecule has 1 amide bonds. The van der Waals surface area contributed by atoms with Crippen LogP contribution in [0.2, 0.25) is 6.32 Å². The Kier molecular flexibility index (Phi) is 8.49. The van der Waals surface area contributed by atoms with Crippen molar-refractivity contribution in [1.82, 2.24) is 0 Å². The molecular weight excluding hydrogens is 401 g/mol. The van der Waals surface area contributed by atoms with Gasteiger partial charge in [0.1, 0.15) is 11.5 Å². The number of ether oxygens (including phenoxy) is 2. The normalized spacial score (nSPS) is 10.4. The third kappa shape index (κ3) is 6.00. The fourth-order valence-corrected chi connectivity index (χ4v) is 3.17. The molecule has 1 N–H and O–H groups in total. The molecule has 0 fully saturated rings. The third-order valence-electron chi connectivity index (χ3n) is 4.87. The van der Waals surface area contributed by atoms with Gasteiger partial charge in [0.05, 0.1) is 32.3 Å². The molecular formula is C26H26BNO4. The van der Waals surface area contributed by atoms with Gasteiger partial charge in [-0.1, -0.05) is 56.1 Å². The van der Waals surface area contributed by atoms with Gasteiger partial charge >= 0.3 is 0 Å². The van der Waals surface area contributed by atoms with Crippen molar-refractivity contribution in [2.24, 2.45) is 0 Å². The molecule has 3 aromatic carbocycles. The first-order valence-electron chi connectivity index (χ1n) is 10.7. The zero-order valence-electron chi connectivity index (χ0n) is 18.2. The number of hydrogen-bond donors (Lipinski definition) is 1. The van der Waals surface area contributed by atoms with Crippen LogP contribution in [0.25, 0.3) is 11.1 Å². The average molecular weight is 427 g/mol. The summed E-state index contributed by atoms with van der Waals surface area (Å²) < 4.78 is 11.4. The highest BCUT2D eigenvalue weighted by atomic mass is 16.5. The van der Waals surface area contributed by atoms with Crippen LogP contribution in [0.3, 0.4) is 0 Å². The first-order chi connectivity index (χ1) is 15.7. The molecule has 0 aliphatic heterocycles. The number of nitrogens with one attached hydrogen (secondary N) is 1. The highest BCUT2D eigenvalue weighted by Crippen LogP contribution is 2.29. The van der Waals surface area contributed by atoms with Gasteiger partial charge in [-0.25, -0.2) is 0 Å². The molecule has 0 bridgehead atoms. The maximum absolute atomic E-state index is 13.2. The Bertz CT molecular complexity index is 1050. The van der Waals surface area contributed by atoms with Crippen LogP contribution in [-0.2, 0) is 0 Å². The number of carbonyl (C=O) groups is 2. The van der Waals surface area contributed by atoms with E-state index in [4.69, 9.17) is 17.3 Å². The summed E-state index contributed by atoms with van der Waals surface area (Å²) in [7, 11) is 5.52. The number of anilines is 1. The Labute approximate surface area is 190 Å². The van der Waals surface area contributed by atoms with Gasteiger partial charge in [-0.2, -0.15) is 0 Å². The number of amides is 1. The minimum absolute atomic E-state index is 0.331. The second-order valence-electron chi connectivity index (χ2n) is 7.24. The summed E-state index contributed by atoms with van der Waals surface area (Å²) in [5.41, 5.74) is 3.03. The smallest absolute Gasteiger partial charge is 0.259 e. The predicted molar refractivity (Wildman–Crippen MR) is 128 cm³/mol. The van der Waals surface area contributed by atoms with Crippen molar-refractivity contribution in [3.05, 3.63) is 77.9 Å². The fourth-order valence-electron chi connectivity index (χ4n) is 3.17. The molecule has 0 saturated heterocycles. The number of carbonyl (C=O) groups excluding carboxylic acids is 2. The van der Waals surface area contributed by atoms with Crippen LogP contribution >= 0.6 is 0 Å². The number of hydrogen-bond acceptors (Lipinski definition) is 4. The van der Waals surface area contributed by atoms with Crippen molar-refractivity contribution in [2.75, 3.05) is 18.5 Å². The Morgan fingerprint density at radius 2 is 1.78 bits per heavy atom. The molecule has 0 atom stereocenters. The lowest BCUT2D eigenvalue weighted by atomic mass is 10.0. The van der Waals surface area contributed by atoms with Crippen molar-refractivity contribution < 1.29 is 19.1 Å². The van der Waals surface area contributed by atoms with Crippen LogP contribution in [0, 0.1) is 0 Å². The van der Waals surface area contributed by atoms with E-state index in [0.29, 0.717) is 47.8 Å². The van der Waals surface area contributed by atoms with E-state index in [-0.39, 0.29) is 5.91 Å². The Balaban J connectivity index is 1.91. The van der Waals surface area contributed by atoms with Crippen molar-refractivity contribution in [3.63, 3.8) is 0 Å². The number of aldehydes is 1. The zero-order valence-corrected chi connectivity index (χ0v) is 18.2. The zero-order chi connectivity index (χ0) is 22.8. The summed E-state index contributed by atoms with van der Waals surface area (Å²) in [5.74, 6) is 0.600. The largest absolute Gasteiger partial charge is 0.494 e. The molecule has 0 heterocycles. The molecule has 2 radical (unpaired) electrons. The molecule has 3 aromatic rings. The fraction of sp³-hybridized carbons (Fsp3) is 0.231. The molecule has 5 nitrogen and oxygen atoms in total. The second-order valence-corrected chi connectivity index (χ2v) is 7.24. The predicted octanol–water partition coefficient (Wildman–Crippen LogP) is 5.56. The van der Waals surface area contributed by atoms with E-state index in [1.807, 2.05) is 36.4 Å². The quantitative estimate of drug-likeness (QED) is 0.247. The van der Waals surface area contributed by atoms with Crippen LogP contribution in [0.4, 0.5) is 5.69 Å². The van der Waals surface area contributed by atoms with E-state index in [2.05, 4.69) is 12.2 Å². The summed E-state index contributed by atoms with van der Waals surface area (Å²) >= 11 is 0. The summed E-state index contributed by atoms with van der Waals surface area (Å²) in [6.07, 6.45) is 2.95. The molecule has 32 heavy (non-hydrogen) atoms. The Morgan fingerprint density at radius 1 is 0.969 bits per heavy atom. The molecule has 162 valence electrons. The number of benzene rings is 3.